The normalized spacial score (nSPS) is 10.8. The summed E-state index contributed by atoms with van der Waals surface area (Å²) < 4.78 is 15.4. The molecule has 17 heavy (non-hydrogen) atoms. The van der Waals surface area contributed by atoms with Gasteiger partial charge in [0.1, 0.15) is 11.8 Å². The maximum Gasteiger partial charge on any atom is 0.155 e. The van der Waals surface area contributed by atoms with Gasteiger partial charge in [-0.15, -0.1) is 0 Å². The van der Waals surface area contributed by atoms with Crippen LogP contribution >= 0.6 is 11.6 Å². The van der Waals surface area contributed by atoms with E-state index in [9.17, 15) is 0 Å². The zero-order valence-electron chi connectivity index (χ0n) is 10.1. The second kappa shape index (κ2) is 8.36. The zero-order valence-corrected chi connectivity index (χ0v) is 10.9. The monoisotopic (exact) mass is 260 g/mol. The van der Waals surface area contributed by atoms with Gasteiger partial charge in [-0.3, -0.25) is 0 Å². The predicted molar refractivity (Wildman–Crippen MR) is 64.1 cm³/mol. The molecule has 1 heterocycles. The average Bonchev–Trinajstić information content (AvgIpc) is 2.26. The number of halogens is 1. The van der Waals surface area contributed by atoms with E-state index in [4.69, 9.17) is 25.8 Å². The van der Waals surface area contributed by atoms with E-state index in [1.807, 2.05) is 6.92 Å². The Morgan fingerprint density at radius 3 is 2.53 bits per heavy atom. The molecule has 1 aromatic rings. The number of methoxy groups -OCH3 is 1. The van der Waals surface area contributed by atoms with Crippen LogP contribution in [0.4, 0.5) is 0 Å². The molecule has 0 spiro atoms. The van der Waals surface area contributed by atoms with Gasteiger partial charge in [-0.25, -0.2) is 9.97 Å². The minimum absolute atomic E-state index is 0.342. The number of nitrogens with zero attached hydrogens (tertiary/aromatic N) is 2. The Morgan fingerprint density at radius 2 is 1.82 bits per heavy atom. The highest BCUT2D eigenvalue weighted by molar-refractivity contribution is 6.29. The molecule has 1 aromatic heterocycles. The predicted octanol–water partition coefficient (Wildman–Crippen LogP) is 1.62. The molecule has 0 fully saturated rings. The quantitative estimate of drug-likeness (QED) is 0.525. The van der Waals surface area contributed by atoms with Crippen LogP contribution in [0.25, 0.3) is 0 Å². The summed E-state index contributed by atoms with van der Waals surface area (Å²) >= 11 is 5.80. The average molecular weight is 261 g/mol. The van der Waals surface area contributed by atoms with E-state index >= 15 is 0 Å². The Bertz CT molecular complexity index is 316. The van der Waals surface area contributed by atoms with Gasteiger partial charge in [0.15, 0.2) is 5.82 Å². The van der Waals surface area contributed by atoms with E-state index in [2.05, 4.69) is 9.97 Å². The lowest BCUT2D eigenvalue weighted by molar-refractivity contribution is 0.0184. The zero-order chi connectivity index (χ0) is 12.5. The van der Waals surface area contributed by atoms with Crippen molar-refractivity contribution in [3.8, 4) is 0 Å². The van der Waals surface area contributed by atoms with Gasteiger partial charge in [0, 0.05) is 12.8 Å². The van der Waals surface area contributed by atoms with E-state index in [1.165, 1.54) is 0 Å². The summed E-state index contributed by atoms with van der Waals surface area (Å²) in [7, 11) is 1.64. The van der Waals surface area contributed by atoms with Gasteiger partial charge in [-0.1, -0.05) is 11.6 Å². The smallest absolute Gasteiger partial charge is 0.155 e. The Balaban J connectivity index is 2.13. The molecule has 0 aromatic carbocycles. The molecular formula is C11H17ClN2O3. The summed E-state index contributed by atoms with van der Waals surface area (Å²) in [5.41, 5.74) is 0.833. The first kappa shape index (κ1) is 14.3. The van der Waals surface area contributed by atoms with Crippen LogP contribution in [0.5, 0.6) is 0 Å². The molecule has 5 nitrogen and oxygen atoms in total. The first-order chi connectivity index (χ1) is 8.22. The summed E-state index contributed by atoms with van der Waals surface area (Å²) in [6.45, 7) is 4.41. The van der Waals surface area contributed by atoms with Crippen molar-refractivity contribution in [2.45, 2.75) is 13.5 Å². The third-order valence-corrected chi connectivity index (χ3v) is 2.10. The summed E-state index contributed by atoms with van der Waals surface area (Å²) in [4.78, 5) is 8.25. The van der Waals surface area contributed by atoms with Crippen molar-refractivity contribution in [1.82, 2.24) is 9.97 Å². The lowest BCUT2D eigenvalue weighted by Crippen LogP contribution is -2.09. The van der Waals surface area contributed by atoms with Crippen LogP contribution in [0, 0.1) is 6.92 Å². The van der Waals surface area contributed by atoms with Crippen LogP contribution in [0.3, 0.4) is 0 Å². The molecule has 0 aliphatic rings. The van der Waals surface area contributed by atoms with Crippen molar-refractivity contribution in [2.75, 3.05) is 33.5 Å². The Labute approximate surface area is 106 Å². The molecule has 0 N–H and O–H groups in total. The van der Waals surface area contributed by atoms with E-state index in [0.717, 1.165) is 5.69 Å². The van der Waals surface area contributed by atoms with E-state index in [0.29, 0.717) is 44.0 Å². The molecule has 0 aliphatic carbocycles. The molecule has 6 heteroatoms. The van der Waals surface area contributed by atoms with Gasteiger partial charge in [0.25, 0.3) is 0 Å². The molecule has 0 saturated carbocycles. The van der Waals surface area contributed by atoms with Crippen molar-refractivity contribution < 1.29 is 14.2 Å². The van der Waals surface area contributed by atoms with Crippen molar-refractivity contribution in [1.29, 1.82) is 0 Å². The first-order valence-electron chi connectivity index (χ1n) is 5.37. The highest BCUT2D eigenvalue weighted by Crippen LogP contribution is 2.06. The van der Waals surface area contributed by atoms with Gasteiger partial charge in [0.05, 0.1) is 26.4 Å². The fourth-order valence-corrected chi connectivity index (χ4v) is 1.43. The van der Waals surface area contributed by atoms with Gasteiger partial charge in [0.2, 0.25) is 0 Å². The van der Waals surface area contributed by atoms with Crippen LogP contribution in [0.2, 0.25) is 5.15 Å². The number of ether oxygens (including phenoxy) is 3. The lowest BCUT2D eigenvalue weighted by Gasteiger charge is -2.05. The van der Waals surface area contributed by atoms with Crippen LogP contribution in [-0.4, -0.2) is 43.5 Å². The fourth-order valence-electron chi connectivity index (χ4n) is 1.18. The van der Waals surface area contributed by atoms with Crippen LogP contribution in [0.1, 0.15) is 11.5 Å². The largest absolute Gasteiger partial charge is 0.382 e. The highest BCUT2D eigenvalue weighted by Gasteiger charge is 2.00. The molecule has 0 aliphatic heterocycles. The molecular weight excluding hydrogens is 244 g/mol. The Morgan fingerprint density at radius 1 is 1.12 bits per heavy atom. The number of rotatable bonds is 8. The van der Waals surface area contributed by atoms with Crippen molar-refractivity contribution >= 4 is 11.6 Å². The summed E-state index contributed by atoms with van der Waals surface area (Å²) in [6, 6.07) is 1.71. The Kier molecular flexibility index (Phi) is 7.04. The molecule has 0 radical (unpaired) electrons. The van der Waals surface area contributed by atoms with Gasteiger partial charge in [-0.05, 0) is 13.0 Å². The minimum Gasteiger partial charge on any atom is -0.382 e. The third kappa shape index (κ3) is 6.53. The van der Waals surface area contributed by atoms with Crippen molar-refractivity contribution in [3.63, 3.8) is 0 Å². The SMILES string of the molecule is COCCOCCOCc1nc(C)cc(Cl)n1. The number of hydrogen-bond acceptors (Lipinski definition) is 5. The molecule has 0 bridgehead atoms. The van der Waals surface area contributed by atoms with Crippen molar-refractivity contribution in [3.05, 3.63) is 22.7 Å². The molecule has 0 amide bonds. The standard InChI is InChI=1S/C11H17ClN2O3/c1-9-7-10(12)14-11(13-9)8-17-6-5-16-4-3-15-2/h7H,3-6,8H2,1-2H3. The summed E-state index contributed by atoms with van der Waals surface area (Å²) in [5.74, 6) is 0.590. The maximum atomic E-state index is 5.80. The second-order valence-corrected chi connectivity index (χ2v) is 3.79. The number of hydrogen-bond donors (Lipinski definition) is 0. The number of aromatic nitrogens is 2. The van der Waals surface area contributed by atoms with Gasteiger partial charge >= 0.3 is 0 Å². The van der Waals surface area contributed by atoms with Gasteiger partial charge in [-0.2, -0.15) is 0 Å². The molecule has 0 unspecified atom stereocenters. The van der Waals surface area contributed by atoms with Crippen LogP contribution < -0.4 is 0 Å². The Hall–Kier alpha value is -0.750. The fraction of sp³-hybridized carbons (Fsp3) is 0.636. The first-order valence-corrected chi connectivity index (χ1v) is 5.74. The highest BCUT2D eigenvalue weighted by atomic mass is 35.5. The molecule has 1 rings (SSSR count). The minimum atomic E-state index is 0.342. The van der Waals surface area contributed by atoms with E-state index < -0.39 is 0 Å². The lowest BCUT2D eigenvalue weighted by atomic mass is 10.4. The second-order valence-electron chi connectivity index (χ2n) is 3.41. The maximum absolute atomic E-state index is 5.80. The van der Waals surface area contributed by atoms with E-state index in [1.54, 1.807) is 13.2 Å². The van der Waals surface area contributed by atoms with Crippen LogP contribution in [-0.2, 0) is 20.8 Å². The summed E-state index contributed by atoms with van der Waals surface area (Å²) in [6.07, 6.45) is 0. The van der Waals surface area contributed by atoms with E-state index in [-0.39, 0.29) is 0 Å². The molecule has 96 valence electrons. The van der Waals surface area contributed by atoms with Crippen LogP contribution in [0.15, 0.2) is 6.07 Å². The molecule has 0 saturated heterocycles. The number of aryl methyl sites for hydroxylation is 1. The van der Waals surface area contributed by atoms with Gasteiger partial charge < -0.3 is 14.2 Å². The third-order valence-electron chi connectivity index (χ3n) is 1.90. The topological polar surface area (TPSA) is 53.5 Å². The van der Waals surface area contributed by atoms with Crippen molar-refractivity contribution in [2.24, 2.45) is 0 Å². The summed E-state index contributed by atoms with van der Waals surface area (Å²) in [5, 5.41) is 0.437. The molecule has 0 atom stereocenters.